The van der Waals surface area contributed by atoms with Crippen LogP contribution in [0, 0.1) is 5.92 Å². The van der Waals surface area contributed by atoms with Crippen LogP contribution in [0.1, 0.15) is 39.3 Å². The molecule has 0 saturated carbocycles. The molecule has 3 heteroatoms. The van der Waals surface area contributed by atoms with Gasteiger partial charge in [-0.2, -0.15) is 0 Å². The number of hydrogen-bond acceptors (Lipinski definition) is 2. The summed E-state index contributed by atoms with van der Waals surface area (Å²) in [6.07, 6.45) is 0. The lowest BCUT2D eigenvalue weighted by atomic mass is 9.85. The van der Waals surface area contributed by atoms with Gasteiger partial charge < -0.3 is 5.73 Å². The molecule has 0 heterocycles. The first kappa shape index (κ1) is 15.5. The van der Waals surface area contributed by atoms with Crippen molar-refractivity contribution >= 4 is 11.6 Å². The average Bonchev–Trinajstić information content (AvgIpc) is 2.35. The quantitative estimate of drug-likeness (QED) is 0.882. The lowest BCUT2D eigenvalue weighted by molar-refractivity contribution is 0.0588. The second-order valence-electron chi connectivity index (χ2n) is 5.56. The van der Waals surface area contributed by atoms with Gasteiger partial charge in [0.05, 0.1) is 0 Å². The molecule has 0 bridgehead atoms. The zero-order valence-electron chi connectivity index (χ0n) is 12.1. The molecular formula is C15H25ClN2. The van der Waals surface area contributed by atoms with Gasteiger partial charge in [0.1, 0.15) is 0 Å². The molecule has 2 N–H and O–H groups in total. The van der Waals surface area contributed by atoms with Crippen molar-refractivity contribution in [3.8, 4) is 0 Å². The third-order valence-electron chi connectivity index (χ3n) is 4.37. The molecule has 0 aliphatic carbocycles. The number of rotatable bonds is 5. The van der Waals surface area contributed by atoms with Crippen LogP contribution < -0.4 is 5.73 Å². The Labute approximate surface area is 116 Å². The zero-order valence-corrected chi connectivity index (χ0v) is 12.8. The minimum Gasteiger partial charge on any atom is -0.329 e. The molecule has 1 aromatic carbocycles. The fourth-order valence-electron chi connectivity index (χ4n) is 2.22. The highest BCUT2D eigenvalue weighted by Gasteiger charge is 2.34. The Bertz CT molecular complexity index is 392. The van der Waals surface area contributed by atoms with E-state index in [9.17, 15) is 0 Å². The van der Waals surface area contributed by atoms with Crippen LogP contribution in [-0.4, -0.2) is 24.0 Å². The molecule has 2 unspecified atom stereocenters. The van der Waals surface area contributed by atoms with E-state index in [0.717, 1.165) is 5.02 Å². The van der Waals surface area contributed by atoms with Crippen molar-refractivity contribution in [2.24, 2.45) is 11.7 Å². The molecule has 102 valence electrons. The fraction of sp³-hybridized carbons (Fsp3) is 0.600. The van der Waals surface area contributed by atoms with Crippen LogP contribution in [0.2, 0.25) is 5.02 Å². The van der Waals surface area contributed by atoms with Crippen LogP contribution >= 0.6 is 11.6 Å². The molecule has 0 saturated heterocycles. The van der Waals surface area contributed by atoms with Crippen LogP contribution in [0.3, 0.4) is 0 Å². The van der Waals surface area contributed by atoms with E-state index in [0.29, 0.717) is 18.5 Å². The predicted octanol–water partition coefficient (Wildman–Crippen LogP) is 3.71. The molecule has 0 aliphatic heterocycles. The maximum atomic E-state index is 6.06. The third kappa shape index (κ3) is 3.05. The minimum atomic E-state index is -0.0122. The van der Waals surface area contributed by atoms with E-state index in [1.54, 1.807) is 0 Å². The van der Waals surface area contributed by atoms with E-state index in [-0.39, 0.29) is 5.54 Å². The molecule has 18 heavy (non-hydrogen) atoms. The molecule has 0 fully saturated rings. The standard InChI is InChI=1S/C15H25ClN2/c1-11(2)15(4,10-17)18(5)12(3)13-7-6-8-14(16)9-13/h6-9,11-12H,10,17H2,1-5H3. The van der Waals surface area contributed by atoms with Crippen molar-refractivity contribution in [1.82, 2.24) is 4.90 Å². The van der Waals surface area contributed by atoms with Crippen LogP contribution in [0.15, 0.2) is 24.3 Å². The highest BCUT2D eigenvalue weighted by Crippen LogP contribution is 2.31. The lowest BCUT2D eigenvalue weighted by Gasteiger charge is -2.45. The first-order valence-electron chi connectivity index (χ1n) is 6.51. The molecular weight excluding hydrogens is 244 g/mol. The Morgan fingerprint density at radius 1 is 1.33 bits per heavy atom. The zero-order chi connectivity index (χ0) is 13.9. The van der Waals surface area contributed by atoms with Crippen LogP contribution in [0.5, 0.6) is 0 Å². The minimum absolute atomic E-state index is 0.0122. The van der Waals surface area contributed by atoms with E-state index < -0.39 is 0 Å². The van der Waals surface area contributed by atoms with E-state index >= 15 is 0 Å². The van der Waals surface area contributed by atoms with Crippen molar-refractivity contribution in [1.29, 1.82) is 0 Å². The predicted molar refractivity (Wildman–Crippen MR) is 79.9 cm³/mol. The maximum absolute atomic E-state index is 6.06. The Hall–Kier alpha value is -0.570. The summed E-state index contributed by atoms with van der Waals surface area (Å²) in [4.78, 5) is 2.35. The molecule has 2 atom stereocenters. The average molecular weight is 269 g/mol. The molecule has 0 radical (unpaired) electrons. The number of halogens is 1. The molecule has 2 nitrogen and oxygen atoms in total. The molecule has 0 aliphatic rings. The largest absolute Gasteiger partial charge is 0.329 e. The number of hydrogen-bond donors (Lipinski definition) is 1. The fourth-order valence-corrected chi connectivity index (χ4v) is 2.42. The van der Waals surface area contributed by atoms with Crippen LogP contribution in [0.25, 0.3) is 0 Å². The van der Waals surface area contributed by atoms with Crippen molar-refractivity contribution < 1.29 is 0 Å². The summed E-state index contributed by atoms with van der Waals surface area (Å²) in [5.41, 5.74) is 7.20. The molecule has 1 aromatic rings. The Kier molecular flexibility index (Phi) is 5.20. The van der Waals surface area contributed by atoms with Gasteiger partial charge in [0.25, 0.3) is 0 Å². The summed E-state index contributed by atoms with van der Waals surface area (Å²) in [6.45, 7) is 9.49. The van der Waals surface area contributed by atoms with E-state index in [1.807, 2.05) is 18.2 Å². The van der Waals surface area contributed by atoms with Gasteiger partial charge in [-0.3, -0.25) is 4.90 Å². The summed E-state index contributed by atoms with van der Waals surface area (Å²) in [7, 11) is 2.14. The second-order valence-corrected chi connectivity index (χ2v) is 5.99. The number of benzene rings is 1. The Morgan fingerprint density at radius 2 is 1.94 bits per heavy atom. The van der Waals surface area contributed by atoms with Gasteiger partial charge in [-0.05, 0) is 44.5 Å². The van der Waals surface area contributed by atoms with Crippen LogP contribution in [0.4, 0.5) is 0 Å². The molecule has 1 rings (SSSR count). The Morgan fingerprint density at radius 3 is 2.39 bits per heavy atom. The number of likely N-dealkylation sites (N-methyl/N-ethyl adjacent to an activating group) is 1. The van der Waals surface area contributed by atoms with Gasteiger partial charge in [-0.25, -0.2) is 0 Å². The smallest absolute Gasteiger partial charge is 0.0409 e. The van der Waals surface area contributed by atoms with Gasteiger partial charge in [0, 0.05) is 23.1 Å². The van der Waals surface area contributed by atoms with E-state index in [2.05, 4.69) is 45.7 Å². The normalized spacial score (nSPS) is 16.9. The summed E-state index contributed by atoms with van der Waals surface area (Å²) < 4.78 is 0. The number of nitrogens with two attached hydrogens (primary N) is 1. The summed E-state index contributed by atoms with van der Waals surface area (Å²) >= 11 is 6.06. The van der Waals surface area contributed by atoms with Crippen molar-refractivity contribution in [2.75, 3.05) is 13.6 Å². The molecule has 0 spiro atoms. The van der Waals surface area contributed by atoms with Gasteiger partial charge in [0.2, 0.25) is 0 Å². The first-order chi connectivity index (χ1) is 8.32. The summed E-state index contributed by atoms with van der Waals surface area (Å²) in [6, 6.07) is 8.34. The van der Waals surface area contributed by atoms with Crippen molar-refractivity contribution in [3.63, 3.8) is 0 Å². The van der Waals surface area contributed by atoms with Crippen molar-refractivity contribution in [2.45, 2.75) is 39.3 Å². The van der Waals surface area contributed by atoms with Crippen molar-refractivity contribution in [3.05, 3.63) is 34.9 Å². The highest BCUT2D eigenvalue weighted by atomic mass is 35.5. The monoisotopic (exact) mass is 268 g/mol. The van der Waals surface area contributed by atoms with Gasteiger partial charge in [-0.15, -0.1) is 0 Å². The lowest BCUT2D eigenvalue weighted by Crippen LogP contribution is -2.54. The third-order valence-corrected chi connectivity index (χ3v) is 4.61. The summed E-state index contributed by atoms with van der Waals surface area (Å²) in [5.74, 6) is 0.495. The topological polar surface area (TPSA) is 29.3 Å². The van der Waals surface area contributed by atoms with E-state index in [1.165, 1.54) is 5.56 Å². The van der Waals surface area contributed by atoms with Crippen LogP contribution in [-0.2, 0) is 0 Å². The highest BCUT2D eigenvalue weighted by molar-refractivity contribution is 6.30. The maximum Gasteiger partial charge on any atom is 0.0409 e. The van der Waals surface area contributed by atoms with Gasteiger partial charge in [0.15, 0.2) is 0 Å². The first-order valence-corrected chi connectivity index (χ1v) is 6.89. The Balaban J connectivity index is 2.99. The van der Waals surface area contributed by atoms with Gasteiger partial charge >= 0.3 is 0 Å². The SMILES string of the molecule is CC(c1cccc(Cl)c1)N(C)C(C)(CN)C(C)C. The number of nitrogens with zero attached hydrogens (tertiary/aromatic N) is 1. The molecule has 0 amide bonds. The second kappa shape index (κ2) is 6.05. The molecule has 0 aromatic heterocycles. The van der Waals surface area contributed by atoms with E-state index in [4.69, 9.17) is 17.3 Å². The summed E-state index contributed by atoms with van der Waals surface area (Å²) in [5, 5.41) is 0.784. The van der Waals surface area contributed by atoms with Gasteiger partial charge in [-0.1, -0.05) is 37.6 Å².